The van der Waals surface area contributed by atoms with Gasteiger partial charge in [-0.05, 0) is 37.3 Å². The highest BCUT2D eigenvalue weighted by molar-refractivity contribution is 5.20. The fourth-order valence-corrected chi connectivity index (χ4v) is 1.79. The van der Waals surface area contributed by atoms with Crippen LogP contribution in [0.25, 0.3) is 0 Å². The topological polar surface area (TPSA) is 33.1 Å². The van der Waals surface area contributed by atoms with Crippen LogP contribution in [-0.2, 0) is 0 Å². The number of aliphatic hydroxyl groups is 1. The number of nitrogens with zero attached hydrogens (tertiary/aromatic N) is 1. The number of hydrogen-bond donors (Lipinski definition) is 1. The van der Waals surface area contributed by atoms with Gasteiger partial charge in [-0.15, -0.1) is 0 Å². The Bertz CT molecular complexity index is 294. The van der Waals surface area contributed by atoms with Crippen LogP contribution in [0.2, 0.25) is 0 Å². The van der Waals surface area contributed by atoms with Gasteiger partial charge in [0.25, 0.3) is 0 Å². The first kappa shape index (κ1) is 8.70. The van der Waals surface area contributed by atoms with Crippen molar-refractivity contribution in [1.82, 2.24) is 4.98 Å². The molecule has 1 unspecified atom stereocenters. The van der Waals surface area contributed by atoms with E-state index in [9.17, 15) is 5.11 Å². The van der Waals surface area contributed by atoms with Crippen LogP contribution in [0.5, 0.6) is 0 Å². The van der Waals surface area contributed by atoms with Gasteiger partial charge in [-0.3, -0.25) is 4.98 Å². The Balaban J connectivity index is 2.18. The first-order valence-corrected chi connectivity index (χ1v) is 4.88. The van der Waals surface area contributed by atoms with Crippen LogP contribution in [-0.4, -0.2) is 10.1 Å². The zero-order chi connectivity index (χ0) is 9.26. The summed E-state index contributed by atoms with van der Waals surface area (Å²) >= 11 is 0. The van der Waals surface area contributed by atoms with Crippen molar-refractivity contribution < 1.29 is 5.11 Å². The molecule has 1 aliphatic carbocycles. The maximum Gasteiger partial charge on any atom is 0.0990 e. The molecule has 0 saturated heterocycles. The third-order valence-corrected chi connectivity index (χ3v) is 2.93. The minimum Gasteiger partial charge on any atom is -0.387 e. The van der Waals surface area contributed by atoms with Gasteiger partial charge in [0, 0.05) is 6.20 Å². The molecule has 1 aliphatic rings. The first-order valence-electron chi connectivity index (χ1n) is 4.88. The van der Waals surface area contributed by atoms with Crippen molar-refractivity contribution in [1.29, 1.82) is 0 Å². The van der Waals surface area contributed by atoms with E-state index in [4.69, 9.17) is 0 Å². The highest BCUT2D eigenvalue weighted by Gasteiger charge is 2.28. The highest BCUT2D eigenvalue weighted by atomic mass is 16.3. The summed E-state index contributed by atoms with van der Waals surface area (Å²) in [5.41, 5.74) is 1.97. The molecule has 1 N–H and O–H groups in total. The molecule has 1 heterocycles. The SMILES string of the molecule is Cc1cccnc1C(O)C1CCC1. The quantitative estimate of drug-likeness (QED) is 0.751. The van der Waals surface area contributed by atoms with Gasteiger partial charge in [0.1, 0.15) is 0 Å². The molecule has 0 radical (unpaired) electrons. The van der Waals surface area contributed by atoms with E-state index in [1.807, 2.05) is 19.1 Å². The van der Waals surface area contributed by atoms with Crippen molar-refractivity contribution in [2.45, 2.75) is 32.3 Å². The summed E-state index contributed by atoms with van der Waals surface area (Å²) in [6.07, 6.45) is 4.97. The van der Waals surface area contributed by atoms with E-state index >= 15 is 0 Å². The van der Waals surface area contributed by atoms with Crippen molar-refractivity contribution >= 4 is 0 Å². The fraction of sp³-hybridized carbons (Fsp3) is 0.545. The van der Waals surface area contributed by atoms with Crippen molar-refractivity contribution in [3.8, 4) is 0 Å². The summed E-state index contributed by atoms with van der Waals surface area (Å²) in [5.74, 6) is 0.452. The van der Waals surface area contributed by atoms with Gasteiger partial charge in [-0.25, -0.2) is 0 Å². The van der Waals surface area contributed by atoms with E-state index in [0.29, 0.717) is 5.92 Å². The van der Waals surface area contributed by atoms with Crippen molar-refractivity contribution in [2.24, 2.45) is 5.92 Å². The molecule has 1 aromatic heterocycles. The Morgan fingerprint density at radius 2 is 2.31 bits per heavy atom. The molecule has 2 nitrogen and oxygen atoms in total. The summed E-state index contributed by atoms with van der Waals surface area (Å²) in [6.45, 7) is 2.00. The van der Waals surface area contributed by atoms with E-state index in [-0.39, 0.29) is 6.10 Å². The van der Waals surface area contributed by atoms with Gasteiger partial charge < -0.3 is 5.11 Å². The Morgan fingerprint density at radius 3 is 2.85 bits per heavy atom. The largest absolute Gasteiger partial charge is 0.387 e. The summed E-state index contributed by atoms with van der Waals surface area (Å²) in [4.78, 5) is 4.23. The minimum absolute atomic E-state index is 0.338. The third kappa shape index (κ3) is 1.59. The lowest BCUT2D eigenvalue weighted by Gasteiger charge is -2.30. The highest BCUT2D eigenvalue weighted by Crippen LogP contribution is 2.37. The normalized spacial score (nSPS) is 19.5. The maximum atomic E-state index is 9.96. The molecular formula is C11H15NO. The monoisotopic (exact) mass is 177 g/mol. The number of aromatic nitrogens is 1. The lowest BCUT2D eigenvalue weighted by atomic mass is 9.79. The number of aliphatic hydroxyl groups excluding tert-OH is 1. The number of pyridine rings is 1. The average molecular weight is 177 g/mol. The molecule has 70 valence electrons. The molecule has 2 rings (SSSR count). The molecule has 1 fully saturated rings. The first-order chi connectivity index (χ1) is 6.29. The molecule has 13 heavy (non-hydrogen) atoms. The minimum atomic E-state index is -0.338. The smallest absolute Gasteiger partial charge is 0.0990 e. The van der Waals surface area contributed by atoms with E-state index in [0.717, 1.165) is 24.1 Å². The molecule has 1 aromatic rings. The zero-order valence-corrected chi connectivity index (χ0v) is 7.90. The van der Waals surface area contributed by atoms with E-state index in [1.165, 1.54) is 6.42 Å². The van der Waals surface area contributed by atoms with Crippen LogP contribution in [0.3, 0.4) is 0 Å². The van der Waals surface area contributed by atoms with Gasteiger partial charge in [0.05, 0.1) is 11.8 Å². The summed E-state index contributed by atoms with van der Waals surface area (Å²) in [5, 5.41) is 9.96. The van der Waals surface area contributed by atoms with Crippen molar-refractivity contribution in [3.63, 3.8) is 0 Å². The second kappa shape index (κ2) is 3.46. The van der Waals surface area contributed by atoms with Gasteiger partial charge in [0.15, 0.2) is 0 Å². The van der Waals surface area contributed by atoms with E-state index in [2.05, 4.69) is 4.98 Å². The summed E-state index contributed by atoms with van der Waals surface area (Å²) in [7, 11) is 0. The predicted molar refractivity (Wildman–Crippen MR) is 51.3 cm³/mol. The Labute approximate surface area is 78.6 Å². The molecular weight excluding hydrogens is 162 g/mol. The van der Waals surface area contributed by atoms with Crippen LogP contribution in [0.1, 0.15) is 36.6 Å². The van der Waals surface area contributed by atoms with Crippen LogP contribution >= 0.6 is 0 Å². The standard InChI is InChI=1S/C11H15NO/c1-8-4-3-7-12-10(8)11(13)9-5-2-6-9/h3-4,7,9,11,13H,2,5-6H2,1H3. The van der Waals surface area contributed by atoms with Crippen LogP contribution in [0, 0.1) is 12.8 Å². The summed E-state index contributed by atoms with van der Waals surface area (Å²) < 4.78 is 0. The number of rotatable bonds is 2. The van der Waals surface area contributed by atoms with Crippen LogP contribution < -0.4 is 0 Å². The Kier molecular flexibility index (Phi) is 2.32. The zero-order valence-electron chi connectivity index (χ0n) is 7.90. The molecule has 0 amide bonds. The lowest BCUT2D eigenvalue weighted by Crippen LogP contribution is -2.21. The van der Waals surface area contributed by atoms with Crippen molar-refractivity contribution in [3.05, 3.63) is 29.6 Å². The van der Waals surface area contributed by atoms with E-state index < -0.39 is 0 Å². The Morgan fingerprint density at radius 1 is 1.54 bits per heavy atom. The lowest BCUT2D eigenvalue weighted by molar-refractivity contribution is 0.0581. The predicted octanol–water partition coefficient (Wildman–Crippen LogP) is 2.22. The molecule has 1 atom stereocenters. The fourth-order valence-electron chi connectivity index (χ4n) is 1.79. The number of aryl methyl sites for hydroxylation is 1. The average Bonchev–Trinajstić information content (AvgIpc) is 2.01. The molecule has 1 saturated carbocycles. The Hall–Kier alpha value is -0.890. The van der Waals surface area contributed by atoms with E-state index in [1.54, 1.807) is 6.20 Å². The van der Waals surface area contributed by atoms with Crippen LogP contribution in [0.15, 0.2) is 18.3 Å². The number of hydrogen-bond acceptors (Lipinski definition) is 2. The molecule has 2 heteroatoms. The molecule has 0 spiro atoms. The van der Waals surface area contributed by atoms with Gasteiger partial charge in [0.2, 0.25) is 0 Å². The van der Waals surface area contributed by atoms with Gasteiger partial charge >= 0.3 is 0 Å². The van der Waals surface area contributed by atoms with Crippen molar-refractivity contribution in [2.75, 3.05) is 0 Å². The summed E-state index contributed by atoms with van der Waals surface area (Å²) in [6, 6.07) is 3.91. The van der Waals surface area contributed by atoms with Gasteiger partial charge in [-0.1, -0.05) is 12.5 Å². The maximum absolute atomic E-state index is 9.96. The molecule has 0 aromatic carbocycles. The molecule has 0 aliphatic heterocycles. The second-order valence-corrected chi connectivity index (χ2v) is 3.84. The van der Waals surface area contributed by atoms with Gasteiger partial charge in [-0.2, -0.15) is 0 Å². The third-order valence-electron chi connectivity index (χ3n) is 2.93. The molecule has 0 bridgehead atoms. The van der Waals surface area contributed by atoms with Crippen LogP contribution in [0.4, 0.5) is 0 Å². The second-order valence-electron chi connectivity index (χ2n) is 3.84.